The molecule has 2 saturated carbocycles. The summed E-state index contributed by atoms with van der Waals surface area (Å²) in [5, 5.41) is 3.44. The Morgan fingerprint density at radius 2 is 2.14 bits per heavy atom. The lowest BCUT2D eigenvalue weighted by Gasteiger charge is -2.27. The number of amides is 1. The quantitative estimate of drug-likeness (QED) is 0.890. The van der Waals surface area contributed by atoms with Gasteiger partial charge in [0.1, 0.15) is 11.0 Å². The Morgan fingerprint density at radius 1 is 1.33 bits per heavy atom. The molecule has 1 aromatic heterocycles. The van der Waals surface area contributed by atoms with Gasteiger partial charge in [-0.15, -0.1) is 0 Å². The molecular weight excluding hydrogens is 308 g/mol. The van der Waals surface area contributed by atoms with Crippen molar-refractivity contribution in [3.8, 4) is 0 Å². The van der Waals surface area contributed by atoms with Crippen molar-refractivity contribution in [1.82, 2.24) is 8.75 Å². The summed E-state index contributed by atoms with van der Waals surface area (Å²) in [4.78, 5) is 12.6. The Hall–Kier alpha value is -1.24. The molecule has 2 aromatic rings. The van der Waals surface area contributed by atoms with Crippen LogP contribution in [0.4, 0.5) is 5.69 Å². The average molecular weight is 323 g/mol. The lowest BCUT2D eigenvalue weighted by molar-refractivity contribution is -0.121. The second-order valence-electron chi connectivity index (χ2n) is 5.98. The van der Waals surface area contributed by atoms with Crippen LogP contribution in [0.3, 0.4) is 0 Å². The van der Waals surface area contributed by atoms with Crippen LogP contribution in [0.15, 0.2) is 12.1 Å². The topological polar surface area (TPSA) is 80.9 Å². The summed E-state index contributed by atoms with van der Waals surface area (Å²) in [6.45, 7) is 0. The molecule has 1 heterocycles. The first-order valence-electron chi connectivity index (χ1n) is 7.12. The van der Waals surface area contributed by atoms with E-state index < -0.39 is 0 Å². The molecule has 5 nitrogen and oxygen atoms in total. The first kappa shape index (κ1) is 13.4. The van der Waals surface area contributed by atoms with Crippen LogP contribution in [0.25, 0.3) is 11.0 Å². The molecule has 1 amide bonds. The van der Waals surface area contributed by atoms with Crippen LogP contribution in [0.2, 0.25) is 5.02 Å². The molecule has 0 aliphatic heterocycles. The number of nitrogens with one attached hydrogen (secondary N) is 1. The Bertz CT molecular complexity index is 716. The number of carbonyl (C=O) groups is 1. The van der Waals surface area contributed by atoms with E-state index in [0.29, 0.717) is 28.1 Å². The van der Waals surface area contributed by atoms with Crippen molar-refractivity contribution in [3.05, 3.63) is 17.2 Å². The van der Waals surface area contributed by atoms with Crippen LogP contribution >= 0.6 is 23.3 Å². The van der Waals surface area contributed by atoms with Gasteiger partial charge in [-0.2, -0.15) is 8.75 Å². The smallest absolute Gasteiger partial charge is 0.229 e. The highest BCUT2D eigenvalue weighted by atomic mass is 35.5. The first-order valence-corrected chi connectivity index (χ1v) is 8.23. The fourth-order valence-electron chi connectivity index (χ4n) is 3.88. The largest absolute Gasteiger partial charge is 0.327 e. The molecule has 4 atom stereocenters. The fraction of sp³-hybridized carbons (Fsp3) is 0.500. The van der Waals surface area contributed by atoms with Gasteiger partial charge >= 0.3 is 0 Å². The maximum Gasteiger partial charge on any atom is 0.229 e. The summed E-state index contributed by atoms with van der Waals surface area (Å²) in [6.07, 6.45) is 3.34. The second kappa shape index (κ2) is 4.90. The molecular formula is C14H15ClN4OS. The molecule has 0 radical (unpaired) electrons. The first-order chi connectivity index (χ1) is 10.1. The summed E-state index contributed by atoms with van der Waals surface area (Å²) >= 11 is 7.33. The van der Waals surface area contributed by atoms with E-state index in [0.717, 1.165) is 36.5 Å². The third kappa shape index (κ3) is 2.05. The molecule has 4 rings (SSSR count). The molecule has 1 aromatic carbocycles. The van der Waals surface area contributed by atoms with E-state index in [4.69, 9.17) is 17.3 Å². The molecule has 2 fully saturated rings. The minimum atomic E-state index is -0.110. The van der Waals surface area contributed by atoms with Crippen molar-refractivity contribution < 1.29 is 4.79 Å². The molecule has 7 heteroatoms. The summed E-state index contributed by atoms with van der Waals surface area (Å²) in [6, 6.07) is 3.51. The van der Waals surface area contributed by atoms with E-state index >= 15 is 0 Å². The third-order valence-corrected chi connectivity index (χ3v) is 5.77. The summed E-state index contributed by atoms with van der Waals surface area (Å²) < 4.78 is 8.40. The Morgan fingerprint density at radius 3 is 2.90 bits per heavy atom. The van der Waals surface area contributed by atoms with E-state index in [9.17, 15) is 4.79 Å². The Labute approximate surface area is 131 Å². The number of anilines is 1. The summed E-state index contributed by atoms with van der Waals surface area (Å²) in [5.41, 5.74) is 8.19. The molecule has 110 valence electrons. The fourth-order valence-corrected chi connectivity index (χ4v) is 4.62. The standard InChI is InChI=1S/C14H15ClN4OS/c15-8-3-4-9-13(19-21-18-9)12(8)17-14(20)10-6-1-2-7(5-6)11(10)16/h3-4,6-7,10-11H,1-2,5,16H2,(H,17,20). The molecule has 21 heavy (non-hydrogen) atoms. The second-order valence-corrected chi connectivity index (χ2v) is 6.92. The van der Waals surface area contributed by atoms with Crippen molar-refractivity contribution >= 4 is 46.0 Å². The lowest BCUT2D eigenvalue weighted by atomic mass is 9.84. The average Bonchev–Trinajstić information content (AvgIpc) is 3.16. The molecule has 3 N–H and O–H groups in total. The van der Waals surface area contributed by atoms with Gasteiger partial charge in [-0.25, -0.2) is 0 Å². The predicted molar refractivity (Wildman–Crippen MR) is 83.4 cm³/mol. The minimum absolute atomic E-state index is 0.0305. The molecule has 2 aliphatic carbocycles. The maximum absolute atomic E-state index is 12.6. The monoisotopic (exact) mass is 322 g/mol. The third-order valence-electron chi connectivity index (χ3n) is 4.91. The van der Waals surface area contributed by atoms with Gasteiger partial charge in [0.15, 0.2) is 0 Å². The van der Waals surface area contributed by atoms with Gasteiger partial charge < -0.3 is 11.1 Å². The zero-order valence-corrected chi connectivity index (χ0v) is 12.8. The van der Waals surface area contributed by atoms with Gasteiger partial charge in [0, 0.05) is 6.04 Å². The van der Waals surface area contributed by atoms with E-state index in [1.165, 1.54) is 0 Å². The number of hydrogen-bond acceptors (Lipinski definition) is 5. The van der Waals surface area contributed by atoms with E-state index in [-0.39, 0.29) is 17.9 Å². The lowest BCUT2D eigenvalue weighted by Crippen LogP contribution is -2.42. The van der Waals surface area contributed by atoms with Crippen molar-refractivity contribution in [2.45, 2.75) is 25.3 Å². The predicted octanol–water partition coefficient (Wildman–Crippen LogP) is 2.66. The molecule has 0 saturated heterocycles. The highest BCUT2D eigenvalue weighted by Gasteiger charge is 2.49. The number of hydrogen-bond donors (Lipinski definition) is 2. The number of benzene rings is 1. The number of carbonyl (C=O) groups excluding carboxylic acids is 1. The number of nitrogens with zero attached hydrogens (tertiary/aromatic N) is 2. The Balaban J connectivity index is 1.64. The van der Waals surface area contributed by atoms with Crippen molar-refractivity contribution in [2.24, 2.45) is 23.5 Å². The molecule has 2 bridgehead atoms. The van der Waals surface area contributed by atoms with Gasteiger partial charge in [-0.3, -0.25) is 4.79 Å². The van der Waals surface area contributed by atoms with Gasteiger partial charge in [-0.05, 0) is 43.2 Å². The Kier molecular flexibility index (Phi) is 3.13. The van der Waals surface area contributed by atoms with Crippen molar-refractivity contribution in [1.29, 1.82) is 0 Å². The summed E-state index contributed by atoms with van der Waals surface area (Å²) in [7, 11) is 0. The van der Waals surface area contributed by atoms with Gasteiger partial charge in [0.2, 0.25) is 5.91 Å². The number of nitrogens with two attached hydrogens (primary N) is 1. The van der Waals surface area contributed by atoms with Crippen molar-refractivity contribution in [3.63, 3.8) is 0 Å². The highest BCUT2D eigenvalue weighted by molar-refractivity contribution is 7.00. The van der Waals surface area contributed by atoms with Crippen molar-refractivity contribution in [2.75, 3.05) is 5.32 Å². The molecule has 0 spiro atoms. The van der Waals surface area contributed by atoms with E-state index in [1.807, 2.05) is 0 Å². The number of halogens is 1. The van der Waals surface area contributed by atoms with Crippen LogP contribution < -0.4 is 11.1 Å². The number of aromatic nitrogens is 2. The van der Waals surface area contributed by atoms with Crippen LogP contribution in [-0.4, -0.2) is 20.7 Å². The summed E-state index contributed by atoms with van der Waals surface area (Å²) in [5.74, 6) is 0.772. The van der Waals surface area contributed by atoms with Gasteiger partial charge in [0.25, 0.3) is 0 Å². The van der Waals surface area contributed by atoms with Crippen LogP contribution in [0, 0.1) is 17.8 Å². The van der Waals surface area contributed by atoms with Crippen LogP contribution in [-0.2, 0) is 4.79 Å². The molecule has 2 aliphatic rings. The zero-order valence-electron chi connectivity index (χ0n) is 11.3. The number of fused-ring (bicyclic) bond motifs is 3. The molecule has 4 unspecified atom stereocenters. The SMILES string of the molecule is NC1C2CCC(C2)C1C(=O)Nc1c(Cl)ccc2nsnc12. The van der Waals surface area contributed by atoms with Crippen LogP contribution in [0.1, 0.15) is 19.3 Å². The normalized spacial score (nSPS) is 31.0. The number of rotatable bonds is 2. The van der Waals surface area contributed by atoms with Gasteiger partial charge in [-0.1, -0.05) is 11.6 Å². The highest BCUT2D eigenvalue weighted by Crippen LogP contribution is 2.48. The minimum Gasteiger partial charge on any atom is -0.327 e. The van der Waals surface area contributed by atoms with E-state index in [2.05, 4.69) is 14.1 Å². The zero-order chi connectivity index (χ0) is 14.6. The van der Waals surface area contributed by atoms with E-state index in [1.54, 1.807) is 12.1 Å². The van der Waals surface area contributed by atoms with Gasteiger partial charge in [0.05, 0.1) is 28.4 Å². The van der Waals surface area contributed by atoms with Crippen LogP contribution in [0.5, 0.6) is 0 Å². The maximum atomic E-state index is 12.6.